The highest BCUT2D eigenvalue weighted by atomic mass is 16.6. The van der Waals surface area contributed by atoms with Crippen molar-refractivity contribution in [2.75, 3.05) is 27.4 Å². The van der Waals surface area contributed by atoms with Gasteiger partial charge < -0.3 is 24.1 Å². The van der Waals surface area contributed by atoms with E-state index in [4.69, 9.17) is 18.9 Å². The number of carbonyl (C=O) groups is 1. The van der Waals surface area contributed by atoms with Gasteiger partial charge in [0.05, 0.1) is 20.6 Å². The molecule has 0 spiro atoms. The zero-order valence-electron chi connectivity index (χ0n) is 14.2. The van der Waals surface area contributed by atoms with Crippen molar-refractivity contribution < 1.29 is 28.8 Å². The smallest absolute Gasteiger partial charge is 0.304 e. The summed E-state index contributed by atoms with van der Waals surface area (Å²) in [6.07, 6.45) is -0.0465. The van der Waals surface area contributed by atoms with E-state index in [1.54, 1.807) is 20.3 Å². The summed E-state index contributed by atoms with van der Waals surface area (Å²) in [6.45, 7) is 0.997. The van der Waals surface area contributed by atoms with Crippen LogP contribution >= 0.6 is 0 Å². The minimum Gasteiger partial charge on any atom is -0.493 e. The van der Waals surface area contributed by atoms with E-state index in [1.807, 2.05) is 30.3 Å². The van der Waals surface area contributed by atoms with Crippen molar-refractivity contribution in [1.82, 2.24) is 0 Å². The molecule has 0 unspecified atom stereocenters. The lowest BCUT2D eigenvalue weighted by molar-refractivity contribution is -0.137. The molecule has 1 N–H and O–H groups in total. The van der Waals surface area contributed by atoms with Gasteiger partial charge in [0.25, 0.3) is 0 Å². The Morgan fingerprint density at radius 3 is 2.32 bits per heavy atom. The van der Waals surface area contributed by atoms with Crippen LogP contribution < -0.4 is 18.9 Å². The molecule has 2 aromatic rings. The van der Waals surface area contributed by atoms with Gasteiger partial charge >= 0.3 is 5.97 Å². The molecule has 0 radical (unpaired) electrons. The first-order chi connectivity index (χ1) is 12.1. The van der Waals surface area contributed by atoms with Gasteiger partial charge in [0.2, 0.25) is 0 Å². The fourth-order valence-corrected chi connectivity index (χ4v) is 2.95. The summed E-state index contributed by atoms with van der Waals surface area (Å²) in [5, 5.41) is 9.36. The van der Waals surface area contributed by atoms with Crippen LogP contribution in [0.5, 0.6) is 23.0 Å². The number of carboxylic acids is 1. The van der Waals surface area contributed by atoms with Crippen LogP contribution in [0.2, 0.25) is 0 Å². The maximum atomic E-state index is 11.4. The van der Waals surface area contributed by atoms with E-state index in [-0.39, 0.29) is 12.3 Å². The number of aliphatic carboxylic acids is 1. The first kappa shape index (κ1) is 17.0. The molecule has 0 fully saturated rings. The Labute approximate surface area is 145 Å². The zero-order chi connectivity index (χ0) is 17.8. The number of hydrogen-bond acceptors (Lipinski definition) is 5. The number of fused-ring (bicyclic) bond motifs is 1. The molecule has 0 saturated heterocycles. The third kappa shape index (κ3) is 3.63. The Bertz CT molecular complexity index is 731. The highest BCUT2D eigenvalue weighted by molar-refractivity contribution is 5.69. The molecule has 1 aliphatic heterocycles. The molecule has 1 aliphatic rings. The van der Waals surface area contributed by atoms with Gasteiger partial charge in [-0.1, -0.05) is 12.1 Å². The minimum atomic E-state index is -0.880. The second-order valence-electron chi connectivity index (χ2n) is 5.67. The van der Waals surface area contributed by atoms with Gasteiger partial charge in [-0.25, -0.2) is 0 Å². The van der Waals surface area contributed by atoms with Gasteiger partial charge in [0, 0.05) is 5.92 Å². The van der Waals surface area contributed by atoms with Crippen LogP contribution in [0.3, 0.4) is 0 Å². The van der Waals surface area contributed by atoms with Crippen molar-refractivity contribution >= 4 is 5.97 Å². The Hall–Kier alpha value is -2.89. The Morgan fingerprint density at radius 1 is 1.00 bits per heavy atom. The molecule has 0 aromatic heterocycles. The highest BCUT2D eigenvalue weighted by Crippen LogP contribution is 2.39. The van der Waals surface area contributed by atoms with Crippen molar-refractivity contribution in [2.24, 2.45) is 0 Å². The molecule has 0 amide bonds. The molecule has 1 atom stereocenters. The number of methoxy groups -OCH3 is 2. The highest BCUT2D eigenvalue weighted by Gasteiger charge is 2.22. The fraction of sp³-hybridized carbons (Fsp3) is 0.316. The van der Waals surface area contributed by atoms with E-state index in [0.29, 0.717) is 36.2 Å². The maximum absolute atomic E-state index is 11.4. The van der Waals surface area contributed by atoms with Gasteiger partial charge in [-0.2, -0.15) is 0 Å². The van der Waals surface area contributed by atoms with Gasteiger partial charge in [-0.15, -0.1) is 0 Å². The van der Waals surface area contributed by atoms with Crippen LogP contribution in [0, 0.1) is 0 Å². The summed E-state index contributed by atoms with van der Waals surface area (Å²) >= 11 is 0. The average Bonchev–Trinajstić information content (AvgIpc) is 2.65. The maximum Gasteiger partial charge on any atom is 0.304 e. The van der Waals surface area contributed by atoms with Crippen LogP contribution in [-0.2, 0) is 4.79 Å². The van der Waals surface area contributed by atoms with Crippen molar-refractivity contribution in [3.63, 3.8) is 0 Å². The summed E-state index contributed by atoms with van der Waals surface area (Å²) in [5.74, 6) is 1.26. The van der Waals surface area contributed by atoms with E-state index in [1.165, 1.54) is 0 Å². The molecule has 6 heteroatoms. The van der Waals surface area contributed by atoms with E-state index in [2.05, 4.69) is 0 Å². The van der Waals surface area contributed by atoms with Crippen LogP contribution in [0.1, 0.15) is 23.5 Å². The molecule has 6 nitrogen and oxygen atoms in total. The number of benzene rings is 2. The fourth-order valence-electron chi connectivity index (χ4n) is 2.95. The summed E-state index contributed by atoms with van der Waals surface area (Å²) < 4.78 is 21.7. The summed E-state index contributed by atoms with van der Waals surface area (Å²) in [4.78, 5) is 11.4. The van der Waals surface area contributed by atoms with Crippen molar-refractivity contribution in [3.05, 3.63) is 47.5 Å². The summed E-state index contributed by atoms with van der Waals surface area (Å²) in [7, 11) is 3.12. The quantitative estimate of drug-likeness (QED) is 0.868. The van der Waals surface area contributed by atoms with Gasteiger partial charge in [0.1, 0.15) is 13.2 Å². The molecule has 0 aliphatic carbocycles. The van der Waals surface area contributed by atoms with Crippen LogP contribution in [0.25, 0.3) is 0 Å². The Balaban J connectivity index is 2.01. The summed E-state index contributed by atoms with van der Waals surface area (Å²) in [6, 6.07) is 11.0. The second kappa shape index (κ2) is 7.34. The molecule has 25 heavy (non-hydrogen) atoms. The van der Waals surface area contributed by atoms with Gasteiger partial charge in [0.15, 0.2) is 23.0 Å². The lowest BCUT2D eigenvalue weighted by atomic mass is 9.88. The first-order valence-corrected chi connectivity index (χ1v) is 7.95. The molecule has 0 saturated carbocycles. The number of hydrogen-bond donors (Lipinski definition) is 1. The van der Waals surface area contributed by atoms with Crippen molar-refractivity contribution in [3.8, 4) is 23.0 Å². The molecule has 1 heterocycles. The third-order valence-electron chi connectivity index (χ3n) is 4.16. The molecule has 0 bridgehead atoms. The van der Waals surface area contributed by atoms with E-state index in [0.717, 1.165) is 11.1 Å². The van der Waals surface area contributed by atoms with Crippen molar-refractivity contribution in [1.29, 1.82) is 0 Å². The zero-order valence-corrected chi connectivity index (χ0v) is 14.2. The largest absolute Gasteiger partial charge is 0.493 e. The predicted molar refractivity (Wildman–Crippen MR) is 91.1 cm³/mol. The Kier molecular flexibility index (Phi) is 4.97. The topological polar surface area (TPSA) is 74.2 Å². The molecule has 2 aromatic carbocycles. The standard InChI is InChI=1S/C19H20O6/c1-22-15-5-3-12(9-17(15)23-2)14(11-19(20)21)13-4-6-16-18(10-13)25-8-7-24-16/h3-6,9-10,14H,7-8,11H2,1-2H3,(H,20,21)/t14-/m1/s1. The normalized spacial score (nSPS) is 13.8. The Morgan fingerprint density at radius 2 is 1.64 bits per heavy atom. The van der Waals surface area contributed by atoms with E-state index in [9.17, 15) is 9.90 Å². The van der Waals surface area contributed by atoms with E-state index < -0.39 is 5.97 Å². The molecule has 3 rings (SSSR count). The lowest BCUT2D eigenvalue weighted by Gasteiger charge is -2.22. The minimum absolute atomic E-state index is 0.0465. The monoisotopic (exact) mass is 344 g/mol. The predicted octanol–water partition coefficient (Wildman–Crippen LogP) is 3.08. The lowest BCUT2D eigenvalue weighted by Crippen LogP contribution is -2.16. The number of ether oxygens (including phenoxy) is 4. The second-order valence-corrected chi connectivity index (χ2v) is 5.67. The number of carboxylic acid groups (broad SMARTS) is 1. The van der Waals surface area contributed by atoms with Gasteiger partial charge in [-0.05, 0) is 35.4 Å². The molecular weight excluding hydrogens is 324 g/mol. The van der Waals surface area contributed by atoms with E-state index >= 15 is 0 Å². The van der Waals surface area contributed by atoms with Gasteiger partial charge in [-0.3, -0.25) is 4.79 Å². The molecule has 132 valence electrons. The van der Waals surface area contributed by atoms with Crippen LogP contribution in [0.15, 0.2) is 36.4 Å². The first-order valence-electron chi connectivity index (χ1n) is 7.95. The summed E-state index contributed by atoms with van der Waals surface area (Å²) in [5.41, 5.74) is 1.68. The molecular formula is C19H20O6. The van der Waals surface area contributed by atoms with Crippen LogP contribution in [-0.4, -0.2) is 38.5 Å². The third-order valence-corrected chi connectivity index (χ3v) is 4.16. The van der Waals surface area contributed by atoms with Crippen LogP contribution in [0.4, 0.5) is 0 Å². The SMILES string of the molecule is COc1ccc([C@@H](CC(=O)O)c2ccc3c(c2)OCCO3)cc1OC. The number of rotatable bonds is 6. The average molecular weight is 344 g/mol. The van der Waals surface area contributed by atoms with Crippen molar-refractivity contribution in [2.45, 2.75) is 12.3 Å².